The Kier molecular flexibility index (Phi) is 10.3. The van der Waals surface area contributed by atoms with Crippen molar-refractivity contribution in [3.63, 3.8) is 0 Å². The van der Waals surface area contributed by atoms with Gasteiger partial charge in [0.25, 0.3) is 0 Å². The zero-order valence-corrected chi connectivity index (χ0v) is 17.6. The Hall–Kier alpha value is -1.09. The predicted molar refractivity (Wildman–Crippen MR) is 106 cm³/mol. The van der Waals surface area contributed by atoms with E-state index < -0.39 is 29.9 Å². The molecule has 0 unspecified atom stereocenters. The van der Waals surface area contributed by atoms with Gasteiger partial charge in [0.05, 0.1) is 0 Å². The van der Waals surface area contributed by atoms with Crippen molar-refractivity contribution in [2.75, 3.05) is 20.8 Å². The first kappa shape index (κ1) is 23.2. The monoisotopic (exact) mass is 416 g/mol. The number of rotatable bonds is 2. The van der Waals surface area contributed by atoms with Crippen LogP contribution in [-0.4, -0.2) is 62.6 Å². The predicted octanol–water partition coefficient (Wildman–Crippen LogP) is 2.82. The van der Waals surface area contributed by atoms with Crippen LogP contribution in [0.15, 0.2) is 12.2 Å². The zero-order chi connectivity index (χ0) is 20.4. The van der Waals surface area contributed by atoms with Crippen molar-refractivity contribution < 1.29 is 33.3 Å². The van der Waals surface area contributed by atoms with Crippen molar-refractivity contribution in [1.29, 1.82) is 0 Å². The molecule has 2 aliphatic rings. The highest BCUT2D eigenvalue weighted by Crippen LogP contribution is 2.30. The van der Waals surface area contributed by atoms with Gasteiger partial charge in [0, 0.05) is 27.1 Å². The minimum Gasteiger partial charge on any atom is -0.463 e. The minimum absolute atomic E-state index is 0.0238. The number of ether oxygens (including phenoxy) is 5. The Morgan fingerprint density at radius 3 is 2.14 bits per heavy atom. The molecule has 0 aromatic rings. The first-order valence-electron chi connectivity index (χ1n) is 9.96. The van der Waals surface area contributed by atoms with Crippen LogP contribution in [-0.2, 0) is 33.3 Å². The van der Waals surface area contributed by atoms with Gasteiger partial charge >= 0.3 is 11.9 Å². The smallest absolute Gasteiger partial charge is 0.306 e. The van der Waals surface area contributed by atoms with E-state index in [1.807, 2.05) is 0 Å². The average Bonchev–Trinajstić information content (AvgIpc) is 2.68. The van der Waals surface area contributed by atoms with Crippen molar-refractivity contribution in [2.24, 2.45) is 0 Å². The normalized spacial score (nSPS) is 35.2. The number of hydrogen-bond donors (Lipinski definition) is 1. The van der Waals surface area contributed by atoms with Crippen LogP contribution in [0.25, 0.3) is 0 Å². The second kappa shape index (κ2) is 12.5. The third-order valence-corrected chi connectivity index (χ3v) is 5.42. The van der Waals surface area contributed by atoms with Crippen LogP contribution in [0.2, 0.25) is 0 Å². The van der Waals surface area contributed by atoms with Crippen LogP contribution in [0.4, 0.5) is 0 Å². The molecule has 2 heterocycles. The maximum Gasteiger partial charge on any atom is 0.306 e. The number of fused-ring (bicyclic) bond motifs is 1. The fourth-order valence-electron chi connectivity index (χ4n) is 3.45. The molecule has 0 amide bonds. The summed E-state index contributed by atoms with van der Waals surface area (Å²) in [7, 11) is 3.05. The van der Waals surface area contributed by atoms with E-state index in [0.717, 1.165) is 38.5 Å². The lowest BCUT2D eigenvalue weighted by Crippen LogP contribution is -2.60. The number of carbonyl (C=O) groups excluding carboxylic acids is 2. The highest BCUT2D eigenvalue weighted by Gasteiger charge is 2.48. The van der Waals surface area contributed by atoms with E-state index in [-0.39, 0.29) is 18.5 Å². The molecular weight excluding hydrogens is 384 g/mol. The molecule has 0 aliphatic carbocycles. The van der Waals surface area contributed by atoms with Gasteiger partial charge in [-0.25, -0.2) is 0 Å². The Bertz CT molecular complexity index is 525. The van der Waals surface area contributed by atoms with Crippen molar-refractivity contribution in [3.05, 3.63) is 12.2 Å². The van der Waals surface area contributed by atoms with E-state index >= 15 is 0 Å². The summed E-state index contributed by atoms with van der Waals surface area (Å²) in [5.74, 6) is -0.617. The van der Waals surface area contributed by atoms with Crippen molar-refractivity contribution in [3.8, 4) is 0 Å². The zero-order valence-electron chi connectivity index (χ0n) is 16.7. The molecule has 0 spiro atoms. The van der Waals surface area contributed by atoms with Gasteiger partial charge < -0.3 is 23.7 Å². The summed E-state index contributed by atoms with van der Waals surface area (Å²) in [6.07, 6.45) is 7.69. The van der Waals surface area contributed by atoms with Gasteiger partial charge in [0.2, 0.25) is 0 Å². The maximum atomic E-state index is 12.4. The number of hydrogen-bond acceptors (Lipinski definition) is 8. The molecule has 1 saturated heterocycles. The Morgan fingerprint density at radius 1 is 0.929 bits per heavy atom. The van der Waals surface area contributed by atoms with Crippen molar-refractivity contribution in [1.82, 2.24) is 0 Å². The molecule has 160 valence electrons. The van der Waals surface area contributed by atoms with Gasteiger partial charge in [-0.3, -0.25) is 9.59 Å². The summed E-state index contributed by atoms with van der Waals surface area (Å²) in [6.45, 7) is -0.0238. The Labute approximate surface area is 172 Å². The molecule has 0 bridgehead atoms. The summed E-state index contributed by atoms with van der Waals surface area (Å²) < 4.78 is 27.9. The van der Waals surface area contributed by atoms with E-state index in [0.29, 0.717) is 12.8 Å². The van der Waals surface area contributed by atoms with Crippen LogP contribution in [0, 0.1) is 0 Å². The van der Waals surface area contributed by atoms with E-state index in [4.69, 9.17) is 23.7 Å². The number of esters is 2. The molecule has 28 heavy (non-hydrogen) atoms. The molecule has 0 aromatic heterocycles. The van der Waals surface area contributed by atoms with Gasteiger partial charge in [0.1, 0.15) is 30.4 Å². The highest BCUT2D eigenvalue weighted by molar-refractivity contribution is 7.80. The second-order valence-electron chi connectivity index (χ2n) is 7.07. The quantitative estimate of drug-likeness (QED) is 0.421. The SMILES string of the molecule is CO[C@@H]1[C@@H](OC)[C@H](S)O[C@@H]2COC(=O)CCCC/C=C/CCCCC(=O)O[C@@H]12. The van der Waals surface area contributed by atoms with E-state index in [9.17, 15) is 9.59 Å². The number of carbonyl (C=O) groups is 2. The summed E-state index contributed by atoms with van der Waals surface area (Å²) in [5, 5.41) is 0. The van der Waals surface area contributed by atoms with Crippen LogP contribution >= 0.6 is 12.6 Å². The Morgan fingerprint density at radius 2 is 1.54 bits per heavy atom. The van der Waals surface area contributed by atoms with Crippen LogP contribution < -0.4 is 0 Å². The summed E-state index contributed by atoms with van der Waals surface area (Å²) in [6, 6.07) is 0. The summed E-state index contributed by atoms with van der Waals surface area (Å²) >= 11 is 4.41. The molecule has 0 N–H and O–H groups in total. The van der Waals surface area contributed by atoms with E-state index in [1.165, 1.54) is 14.2 Å². The molecular formula is C20H32O7S. The third-order valence-electron chi connectivity index (χ3n) is 5.00. The fourth-order valence-corrected chi connectivity index (χ4v) is 3.90. The van der Waals surface area contributed by atoms with Crippen molar-refractivity contribution >= 4 is 24.6 Å². The topological polar surface area (TPSA) is 80.3 Å². The molecule has 7 nitrogen and oxygen atoms in total. The fraction of sp³-hybridized carbons (Fsp3) is 0.800. The largest absolute Gasteiger partial charge is 0.463 e. The third kappa shape index (κ3) is 7.06. The number of thiol groups is 1. The standard InChI is InChI=1S/C20H32O7S/c1-23-18-17-14(26-20(28)19(18)24-2)13-25-15(21)11-9-7-5-3-4-6-8-10-12-16(22)27-17/h3-4,14,17-20,28H,5-13H2,1-2H3/b4-3+/t14-,17-,18+,19-,20+/m1/s1. The van der Waals surface area contributed by atoms with Crippen molar-refractivity contribution in [2.45, 2.75) is 81.2 Å². The summed E-state index contributed by atoms with van der Waals surface area (Å²) in [4.78, 5) is 24.4. The first-order chi connectivity index (χ1) is 13.6. The number of allylic oxidation sites excluding steroid dienone is 2. The number of cyclic esters (lactones) is 1. The molecule has 0 aromatic carbocycles. The molecule has 0 saturated carbocycles. The van der Waals surface area contributed by atoms with E-state index in [1.54, 1.807) is 0 Å². The molecule has 5 atom stereocenters. The summed E-state index contributed by atoms with van der Waals surface area (Å²) in [5.41, 5.74) is -0.589. The lowest BCUT2D eigenvalue weighted by Gasteiger charge is -2.43. The first-order valence-corrected chi connectivity index (χ1v) is 10.5. The lowest BCUT2D eigenvalue weighted by molar-refractivity contribution is -0.233. The average molecular weight is 417 g/mol. The molecule has 1 fully saturated rings. The molecule has 2 aliphatic heterocycles. The second-order valence-corrected chi connectivity index (χ2v) is 7.58. The molecule has 8 heteroatoms. The molecule has 0 radical (unpaired) electrons. The van der Waals surface area contributed by atoms with E-state index in [2.05, 4.69) is 24.8 Å². The van der Waals surface area contributed by atoms with Crippen LogP contribution in [0.3, 0.4) is 0 Å². The maximum absolute atomic E-state index is 12.4. The minimum atomic E-state index is -0.741. The highest BCUT2D eigenvalue weighted by atomic mass is 32.1. The van der Waals surface area contributed by atoms with Gasteiger partial charge in [-0.15, -0.1) is 12.6 Å². The van der Waals surface area contributed by atoms with Gasteiger partial charge in [-0.1, -0.05) is 12.2 Å². The van der Waals surface area contributed by atoms with Gasteiger partial charge in [-0.2, -0.15) is 0 Å². The van der Waals surface area contributed by atoms with Gasteiger partial charge in [-0.05, 0) is 38.5 Å². The van der Waals surface area contributed by atoms with Gasteiger partial charge in [0.15, 0.2) is 6.10 Å². The molecule has 2 rings (SSSR count). The van der Waals surface area contributed by atoms with Crippen LogP contribution in [0.1, 0.15) is 51.4 Å². The lowest BCUT2D eigenvalue weighted by atomic mass is 9.99. The number of methoxy groups -OCH3 is 2. The van der Waals surface area contributed by atoms with Crippen LogP contribution in [0.5, 0.6) is 0 Å². The Balaban J connectivity index is 2.10.